The van der Waals surface area contributed by atoms with Crippen LogP contribution in [0.2, 0.25) is 0 Å². The number of nitrogens with one attached hydrogen (secondary N) is 1. The van der Waals surface area contributed by atoms with Gasteiger partial charge in [-0.25, -0.2) is 4.98 Å². The molecule has 3 rings (SSSR count). The molecule has 0 atom stereocenters. The van der Waals surface area contributed by atoms with Crippen LogP contribution in [0.4, 0.5) is 11.4 Å². The molecule has 3 aromatic rings. The minimum atomic E-state index is -0.0916. The van der Waals surface area contributed by atoms with Gasteiger partial charge in [0, 0.05) is 11.4 Å². The molecule has 0 aliphatic carbocycles. The number of aryl methyl sites for hydroxylation is 1. The maximum Gasteiger partial charge on any atom is 0.244 e. The topological polar surface area (TPSA) is 72.9 Å². The fraction of sp³-hybridized carbons (Fsp3) is 0.125. The fourth-order valence-electron chi connectivity index (χ4n) is 2.31. The number of carbonyl (C=O) groups is 1. The molecule has 1 amide bonds. The quantitative estimate of drug-likeness (QED) is 0.724. The van der Waals surface area contributed by atoms with Crippen molar-refractivity contribution in [3.63, 3.8) is 0 Å². The largest absolute Gasteiger partial charge is 0.399 e. The first-order valence-electron chi connectivity index (χ1n) is 6.71. The van der Waals surface area contributed by atoms with E-state index in [0.717, 1.165) is 22.5 Å². The van der Waals surface area contributed by atoms with Gasteiger partial charge in [0.15, 0.2) is 0 Å². The van der Waals surface area contributed by atoms with Crippen molar-refractivity contribution in [3.8, 4) is 0 Å². The van der Waals surface area contributed by atoms with Crippen molar-refractivity contribution in [3.05, 3.63) is 54.4 Å². The second-order valence-electron chi connectivity index (χ2n) is 4.90. The van der Waals surface area contributed by atoms with Gasteiger partial charge in [0.2, 0.25) is 5.91 Å². The van der Waals surface area contributed by atoms with Crippen LogP contribution in [0.5, 0.6) is 0 Å². The van der Waals surface area contributed by atoms with Gasteiger partial charge >= 0.3 is 0 Å². The van der Waals surface area contributed by atoms with Crippen molar-refractivity contribution < 1.29 is 4.79 Å². The van der Waals surface area contributed by atoms with E-state index in [4.69, 9.17) is 5.73 Å². The third-order valence-electron chi connectivity index (χ3n) is 3.34. The third kappa shape index (κ3) is 2.72. The van der Waals surface area contributed by atoms with Gasteiger partial charge in [0.1, 0.15) is 12.4 Å². The Balaban J connectivity index is 1.80. The number of nitrogen functional groups attached to an aromatic ring is 1. The van der Waals surface area contributed by atoms with Gasteiger partial charge in [0.25, 0.3) is 0 Å². The molecule has 5 heteroatoms. The van der Waals surface area contributed by atoms with Crippen molar-refractivity contribution in [2.24, 2.45) is 0 Å². The predicted molar refractivity (Wildman–Crippen MR) is 84.0 cm³/mol. The number of rotatable bonds is 3. The lowest BCUT2D eigenvalue weighted by atomic mass is 10.3. The predicted octanol–water partition coefficient (Wildman–Crippen LogP) is 2.57. The molecular weight excluding hydrogens is 264 g/mol. The van der Waals surface area contributed by atoms with Gasteiger partial charge in [-0.1, -0.05) is 12.1 Å². The molecule has 0 radical (unpaired) electrons. The Labute approximate surface area is 122 Å². The van der Waals surface area contributed by atoms with Crippen molar-refractivity contribution >= 4 is 28.3 Å². The zero-order chi connectivity index (χ0) is 14.8. The molecule has 3 N–H and O–H groups in total. The van der Waals surface area contributed by atoms with Crippen LogP contribution in [0.3, 0.4) is 0 Å². The molecule has 0 bridgehead atoms. The molecule has 0 unspecified atom stereocenters. The number of nitrogens with zero attached hydrogens (tertiary/aromatic N) is 2. The van der Waals surface area contributed by atoms with Crippen molar-refractivity contribution in [2.45, 2.75) is 13.5 Å². The van der Waals surface area contributed by atoms with Crippen LogP contribution in [0.1, 0.15) is 5.82 Å². The number of anilines is 2. The molecule has 1 heterocycles. The second kappa shape index (κ2) is 5.28. The summed E-state index contributed by atoms with van der Waals surface area (Å²) < 4.78 is 1.90. The van der Waals surface area contributed by atoms with Crippen LogP contribution in [0.15, 0.2) is 48.5 Å². The Morgan fingerprint density at radius 3 is 2.67 bits per heavy atom. The van der Waals surface area contributed by atoms with Gasteiger partial charge in [-0.2, -0.15) is 0 Å². The number of hydrogen-bond acceptors (Lipinski definition) is 3. The Kier molecular flexibility index (Phi) is 3.31. The Hall–Kier alpha value is -2.82. The first kappa shape index (κ1) is 13.2. The summed E-state index contributed by atoms with van der Waals surface area (Å²) in [4.78, 5) is 16.6. The monoisotopic (exact) mass is 280 g/mol. The summed E-state index contributed by atoms with van der Waals surface area (Å²) in [6.45, 7) is 2.13. The zero-order valence-electron chi connectivity index (χ0n) is 11.7. The SMILES string of the molecule is Cc1nc2ccccc2n1CC(=O)Nc1ccc(N)cc1. The van der Waals surface area contributed by atoms with E-state index in [1.807, 2.05) is 35.8 Å². The number of imidazole rings is 1. The Morgan fingerprint density at radius 1 is 1.19 bits per heavy atom. The summed E-state index contributed by atoms with van der Waals surface area (Å²) in [6, 6.07) is 14.9. The molecule has 1 aromatic heterocycles. The molecule has 21 heavy (non-hydrogen) atoms. The highest BCUT2D eigenvalue weighted by atomic mass is 16.1. The minimum Gasteiger partial charge on any atom is -0.399 e. The number of aromatic nitrogens is 2. The van der Waals surface area contributed by atoms with Crippen LogP contribution in [-0.4, -0.2) is 15.5 Å². The van der Waals surface area contributed by atoms with Crippen LogP contribution >= 0.6 is 0 Å². The standard InChI is InChI=1S/C16H16N4O/c1-11-18-14-4-2-3-5-15(14)20(11)10-16(21)19-13-8-6-12(17)7-9-13/h2-9H,10,17H2,1H3,(H,19,21). The maximum atomic E-state index is 12.2. The van der Waals surface area contributed by atoms with E-state index < -0.39 is 0 Å². The molecule has 0 aliphatic heterocycles. The summed E-state index contributed by atoms with van der Waals surface area (Å²) in [5.41, 5.74) is 8.89. The number of para-hydroxylation sites is 2. The van der Waals surface area contributed by atoms with Gasteiger partial charge in [0.05, 0.1) is 11.0 Å². The minimum absolute atomic E-state index is 0.0916. The number of amides is 1. The Bertz CT molecular complexity index is 790. The van der Waals surface area contributed by atoms with E-state index in [1.54, 1.807) is 24.3 Å². The average molecular weight is 280 g/mol. The molecular formula is C16H16N4O. The lowest BCUT2D eigenvalue weighted by Gasteiger charge is -2.08. The second-order valence-corrected chi connectivity index (χ2v) is 4.90. The molecule has 0 saturated carbocycles. The summed E-state index contributed by atoms with van der Waals surface area (Å²) in [6.07, 6.45) is 0. The first-order valence-corrected chi connectivity index (χ1v) is 6.71. The zero-order valence-corrected chi connectivity index (χ0v) is 11.7. The highest BCUT2D eigenvalue weighted by Gasteiger charge is 2.10. The van der Waals surface area contributed by atoms with Crippen molar-refractivity contribution in [1.82, 2.24) is 9.55 Å². The number of carbonyl (C=O) groups excluding carboxylic acids is 1. The van der Waals surface area contributed by atoms with E-state index >= 15 is 0 Å². The summed E-state index contributed by atoms with van der Waals surface area (Å²) in [5, 5.41) is 2.86. The summed E-state index contributed by atoms with van der Waals surface area (Å²) >= 11 is 0. The lowest BCUT2D eigenvalue weighted by Crippen LogP contribution is -2.19. The van der Waals surface area contributed by atoms with Gasteiger partial charge in [-0.3, -0.25) is 4.79 Å². The van der Waals surface area contributed by atoms with Crippen LogP contribution in [0.25, 0.3) is 11.0 Å². The lowest BCUT2D eigenvalue weighted by molar-refractivity contribution is -0.116. The summed E-state index contributed by atoms with van der Waals surface area (Å²) in [5.74, 6) is 0.731. The molecule has 2 aromatic carbocycles. The van der Waals surface area contributed by atoms with Crippen molar-refractivity contribution in [1.29, 1.82) is 0 Å². The maximum absolute atomic E-state index is 12.2. The van der Waals surface area contributed by atoms with E-state index in [-0.39, 0.29) is 12.5 Å². The fourth-order valence-corrected chi connectivity index (χ4v) is 2.31. The molecule has 106 valence electrons. The van der Waals surface area contributed by atoms with Crippen molar-refractivity contribution in [2.75, 3.05) is 11.1 Å². The smallest absolute Gasteiger partial charge is 0.244 e. The molecule has 5 nitrogen and oxygen atoms in total. The van der Waals surface area contributed by atoms with Gasteiger partial charge in [-0.15, -0.1) is 0 Å². The first-order chi connectivity index (χ1) is 10.1. The molecule has 0 saturated heterocycles. The normalized spacial score (nSPS) is 10.7. The van der Waals surface area contributed by atoms with Gasteiger partial charge < -0.3 is 15.6 Å². The third-order valence-corrected chi connectivity index (χ3v) is 3.34. The number of nitrogens with two attached hydrogens (primary N) is 1. The van der Waals surface area contributed by atoms with E-state index in [1.165, 1.54) is 0 Å². The molecule has 0 fully saturated rings. The number of benzene rings is 2. The van der Waals surface area contributed by atoms with Crippen LogP contribution < -0.4 is 11.1 Å². The van der Waals surface area contributed by atoms with E-state index in [2.05, 4.69) is 10.3 Å². The number of fused-ring (bicyclic) bond motifs is 1. The average Bonchev–Trinajstić information content (AvgIpc) is 2.78. The van der Waals surface area contributed by atoms with E-state index in [9.17, 15) is 4.79 Å². The van der Waals surface area contributed by atoms with E-state index in [0.29, 0.717) is 5.69 Å². The number of hydrogen-bond donors (Lipinski definition) is 2. The molecule has 0 aliphatic rings. The molecule has 0 spiro atoms. The summed E-state index contributed by atoms with van der Waals surface area (Å²) in [7, 11) is 0. The Morgan fingerprint density at radius 2 is 1.90 bits per heavy atom. The van der Waals surface area contributed by atoms with Crippen LogP contribution in [0, 0.1) is 6.92 Å². The highest BCUT2D eigenvalue weighted by molar-refractivity contribution is 5.91. The van der Waals surface area contributed by atoms with Gasteiger partial charge in [-0.05, 0) is 43.3 Å². The van der Waals surface area contributed by atoms with Crippen LogP contribution in [-0.2, 0) is 11.3 Å². The highest BCUT2D eigenvalue weighted by Crippen LogP contribution is 2.16.